The molecule has 142 valence electrons. The van der Waals surface area contributed by atoms with Crippen LogP contribution in [-0.4, -0.2) is 53.6 Å². The highest BCUT2D eigenvalue weighted by Gasteiger charge is 2.32. The van der Waals surface area contributed by atoms with E-state index in [0.717, 1.165) is 19.4 Å². The molecular formula is C21H35NO3. The van der Waals surface area contributed by atoms with Gasteiger partial charge < -0.3 is 14.9 Å². The normalized spacial score (nSPS) is 24.4. The molecule has 0 unspecified atom stereocenters. The van der Waals surface area contributed by atoms with Crippen LogP contribution >= 0.6 is 0 Å². The van der Waals surface area contributed by atoms with Crippen molar-refractivity contribution in [1.29, 1.82) is 0 Å². The molecule has 3 atom stereocenters. The Kier molecular flexibility index (Phi) is 7.88. The van der Waals surface area contributed by atoms with Crippen LogP contribution in [0.1, 0.15) is 45.6 Å². The molecule has 0 aliphatic heterocycles. The SMILES string of the molecule is C[C@H]1C[C@@H](OC[C@H](O)CN(CCO)Cc2ccccc2)CC(C)(C)C1. The summed E-state index contributed by atoms with van der Waals surface area (Å²) in [5.41, 5.74) is 1.51. The van der Waals surface area contributed by atoms with Crippen LogP contribution in [0.3, 0.4) is 0 Å². The van der Waals surface area contributed by atoms with E-state index in [0.29, 0.717) is 31.0 Å². The Hall–Kier alpha value is -0.940. The number of rotatable bonds is 9. The average molecular weight is 350 g/mol. The van der Waals surface area contributed by atoms with Crippen LogP contribution in [0.25, 0.3) is 0 Å². The van der Waals surface area contributed by atoms with Gasteiger partial charge >= 0.3 is 0 Å². The molecule has 1 aromatic rings. The van der Waals surface area contributed by atoms with Crippen LogP contribution in [-0.2, 0) is 11.3 Å². The van der Waals surface area contributed by atoms with Gasteiger partial charge in [-0.3, -0.25) is 4.90 Å². The number of benzene rings is 1. The maximum atomic E-state index is 10.4. The van der Waals surface area contributed by atoms with Gasteiger partial charge in [0.1, 0.15) is 0 Å². The zero-order valence-electron chi connectivity index (χ0n) is 16.0. The van der Waals surface area contributed by atoms with Crippen molar-refractivity contribution in [2.45, 2.75) is 58.8 Å². The number of hydrogen-bond acceptors (Lipinski definition) is 4. The molecule has 0 amide bonds. The number of ether oxygens (including phenoxy) is 1. The van der Waals surface area contributed by atoms with Crippen molar-refractivity contribution in [2.24, 2.45) is 11.3 Å². The van der Waals surface area contributed by atoms with Gasteiger partial charge in [0.05, 0.1) is 25.4 Å². The van der Waals surface area contributed by atoms with Crippen molar-refractivity contribution < 1.29 is 14.9 Å². The molecule has 0 aromatic heterocycles. The Morgan fingerprint density at radius 1 is 1.24 bits per heavy atom. The standard InChI is InChI=1S/C21H35NO3/c1-17-11-20(13-21(2,3)12-17)25-16-19(24)15-22(9-10-23)14-18-7-5-4-6-8-18/h4-8,17,19-20,23-24H,9-16H2,1-3H3/t17-,19+,20+/m0/s1. The maximum Gasteiger partial charge on any atom is 0.0900 e. The Morgan fingerprint density at radius 3 is 2.60 bits per heavy atom. The van der Waals surface area contributed by atoms with E-state index in [1.165, 1.54) is 12.0 Å². The molecule has 0 radical (unpaired) electrons. The highest BCUT2D eigenvalue weighted by atomic mass is 16.5. The zero-order chi connectivity index (χ0) is 18.3. The Morgan fingerprint density at radius 2 is 1.96 bits per heavy atom. The van der Waals surface area contributed by atoms with E-state index in [1.54, 1.807) is 0 Å². The first-order chi connectivity index (χ1) is 11.9. The summed E-state index contributed by atoms with van der Waals surface area (Å²) in [7, 11) is 0. The van der Waals surface area contributed by atoms with Crippen LogP contribution in [0.15, 0.2) is 30.3 Å². The smallest absolute Gasteiger partial charge is 0.0900 e. The summed E-state index contributed by atoms with van der Waals surface area (Å²) in [5.74, 6) is 0.676. The van der Waals surface area contributed by atoms with Gasteiger partial charge in [0.25, 0.3) is 0 Å². The molecule has 4 heteroatoms. The molecule has 2 rings (SSSR count). The first-order valence-corrected chi connectivity index (χ1v) is 9.55. The van der Waals surface area contributed by atoms with Crippen LogP contribution < -0.4 is 0 Å². The van der Waals surface area contributed by atoms with E-state index >= 15 is 0 Å². The molecular weight excluding hydrogens is 314 g/mol. The van der Waals surface area contributed by atoms with Crippen LogP contribution in [0, 0.1) is 11.3 Å². The van der Waals surface area contributed by atoms with Crippen LogP contribution in [0.2, 0.25) is 0 Å². The lowest BCUT2D eigenvalue weighted by Gasteiger charge is -2.39. The van der Waals surface area contributed by atoms with E-state index in [4.69, 9.17) is 4.74 Å². The van der Waals surface area contributed by atoms with Crippen molar-refractivity contribution >= 4 is 0 Å². The molecule has 1 saturated carbocycles. The van der Waals surface area contributed by atoms with E-state index in [-0.39, 0.29) is 12.7 Å². The second-order valence-corrected chi connectivity index (χ2v) is 8.47. The number of hydrogen-bond donors (Lipinski definition) is 2. The summed E-state index contributed by atoms with van der Waals surface area (Å²) in [6, 6.07) is 10.2. The fourth-order valence-corrected chi connectivity index (χ4v) is 4.20. The molecule has 1 aliphatic rings. The summed E-state index contributed by atoms with van der Waals surface area (Å²) < 4.78 is 6.04. The monoisotopic (exact) mass is 349 g/mol. The number of nitrogens with zero attached hydrogens (tertiary/aromatic N) is 1. The number of aliphatic hydroxyl groups excluding tert-OH is 2. The Labute approximate surface area is 152 Å². The summed E-state index contributed by atoms with van der Waals surface area (Å²) in [4.78, 5) is 2.08. The molecule has 0 bridgehead atoms. The lowest BCUT2D eigenvalue weighted by atomic mass is 9.71. The lowest BCUT2D eigenvalue weighted by Crippen LogP contribution is -2.39. The third-order valence-corrected chi connectivity index (χ3v) is 5.01. The van der Waals surface area contributed by atoms with Crippen LogP contribution in [0.4, 0.5) is 0 Å². The molecule has 0 saturated heterocycles. The van der Waals surface area contributed by atoms with Crippen LogP contribution in [0.5, 0.6) is 0 Å². The second-order valence-electron chi connectivity index (χ2n) is 8.47. The molecule has 1 fully saturated rings. The predicted molar refractivity (Wildman–Crippen MR) is 101 cm³/mol. The molecule has 0 heterocycles. The first kappa shape index (κ1) is 20.4. The third kappa shape index (κ3) is 7.45. The van der Waals surface area contributed by atoms with E-state index in [2.05, 4.69) is 37.8 Å². The van der Waals surface area contributed by atoms with Gasteiger partial charge in [-0.25, -0.2) is 0 Å². The minimum Gasteiger partial charge on any atom is -0.395 e. The fourth-order valence-electron chi connectivity index (χ4n) is 4.20. The highest BCUT2D eigenvalue weighted by molar-refractivity contribution is 5.14. The molecule has 2 N–H and O–H groups in total. The topological polar surface area (TPSA) is 52.9 Å². The van der Waals surface area contributed by atoms with E-state index in [1.807, 2.05) is 18.2 Å². The van der Waals surface area contributed by atoms with Crippen molar-refractivity contribution in [3.63, 3.8) is 0 Å². The van der Waals surface area contributed by atoms with Crippen molar-refractivity contribution in [2.75, 3.05) is 26.3 Å². The molecule has 1 aromatic carbocycles. The Balaban J connectivity index is 1.79. The Bertz CT molecular complexity index is 491. The predicted octanol–water partition coefficient (Wildman–Crippen LogP) is 3.07. The summed E-state index contributed by atoms with van der Waals surface area (Å²) >= 11 is 0. The summed E-state index contributed by atoms with van der Waals surface area (Å²) in [6.45, 7) is 9.15. The third-order valence-electron chi connectivity index (χ3n) is 5.01. The van der Waals surface area contributed by atoms with Gasteiger partial charge in [0, 0.05) is 19.6 Å². The minimum atomic E-state index is -0.532. The largest absolute Gasteiger partial charge is 0.395 e. The fraction of sp³-hybridized carbons (Fsp3) is 0.714. The molecule has 25 heavy (non-hydrogen) atoms. The van der Waals surface area contributed by atoms with Crippen molar-refractivity contribution in [3.8, 4) is 0 Å². The van der Waals surface area contributed by atoms with Gasteiger partial charge in [0.15, 0.2) is 0 Å². The van der Waals surface area contributed by atoms with Gasteiger partial charge in [-0.05, 0) is 36.2 Å². The van der Waals surface area contributed by atoms with Gasteiger partial charge in [0.2, 0.25) is 0 Å². The van der Waals surface area contributed by atoms with E-state index < -0.39 is 6.10 Å². The zero-order valence-corrected chi connectivity index (χ0v) is 16.0. The molecule has 0 spiro atoms. The second kappa shape index (κ2) is 9.67. The maximum absolute atomic E-state index is 10.4. The first-order valence-electron chi connectivity index (χ1n) is 9.55. The van der Waals surface area contributed by atoms with Gasteiger partial charge in [-0.15, -0.1) is 0 Å². The quantitative estimate of drug-likeness (QED) is 0.719. The minimum absolute atomic E-state index is 0.0920. The lowest BCUT2D eigenvalue weighted by molar-refractivity contribution is -0.0623. The summed E-state index contributed by atoms with van der Waals surface area (Å²) in [6.07, 6.45) is 3.11. The van der Waals surface area contributed by atoms with Crippen molar-refractivity contribution in [1.82, 2.24) is 4.90 Å². The highest BCUT2D eigenvalue weighted by Crippen LogP contribution is 2.39. The molecule has 1 aliphatic carbocycles. The van der Waals surface area contributed by atoms with Crippen molar-refractivity contribution in [3.05, 3.63) is 35.9 Å². The average Bonchev–Trinajstić information content (AvgIpc) is 2.52. The summed E-state index contributed by atoms with van der Waals surface area (Å²) in [5, 5.41) is 19.7. The van der Waals surface area contributed by atoms with E-state index in [9.17, 15) is 10.2 Å². The molecule has 4 nitrogen and oxygen atoms in total. The van der Waals surface area contributed by atoms with Gasteiger partial charge in [-0.1, -0.05) is 51.1 Å². The van der Waals surface area contributed by atoms with Gasteiger partial charge in [-0.2, -0.15) is 0 Å². The number of aliphatic hydroxyl groups is 2.